The molecule has 0 spiro atoms. The van der Waals surface area contributed by atoms with E-state index in [0.29, 0.717) is 11.7 Å². The van der Waals surface area contributed by atoms with Crippen molar-refractivity contribution in [2.24, 2.45) is 0 Å². The topological polar surface area (TPSA) is 55.0 Å². The van der Waals surface area contributed by atoms with E-state index < -0.39 is 0 Å². The first kappa shape index (κ1) is 12.0. The third-order valence-electron chi connectivity index (χ3n) is 3.42. The number of nitrogen functional groups attached to an aromatic ring is 1. The maximum atomic E-state index is 5.89. The Morgan fingerprint density at radius 1 is 1.21 bits per heavy atom. The number of hydrogen-bond donors (Lipinski definition) is 1. The molecule has 0 amide bonds. The summed E-state index contributed by atoms with van der Waals surface area (Å²) >= 11 is 0. The average molecular weight is 254 g/mol. The quantitative estimate of drug-likeness (QED) is 0.914. The fourth-order valence-electron chi connectivity index (χ4n) is 2.14. The van der Waals surface area contributed by atoms with Crippen LogP contribution in [0, 0.1) is 6.92 Å². The van der Waals surface area contributed by atoms with Crippen LogP contribution in [0.2, 0.25) is 0 Å². The van der Waals surface area contributed by atoms with E-state index in [1.807, 2.05) is 19.2 Å². The van der Waals surface area contributed by atoms with E-state index >= 15 is 0 Å². The summed E-state index contributed by atoms with van der Waals surface area (Å²) in [6.45, 7) is 2.08. The Bertz CT molecular complexity index is 605. The van der Waals surface area contributed by atoms with Gasteiger partial charge in [0.2, 0.25) is 0 Å². The molecule has 98 valence electrons. The third-order valence-corrected chi connectivity index (χ3v) is 3.42. The summed E-state index contributed by atoms with van der Waals surface area (Å²) in [6, 6.07) is 10.2. The van der Waals surface area contributed by atoms with E-state index in [1.54, 1.807) is 0 Å². The number of aromatic nitrogens is 2. The van der Waals surface area contributed by atoms with Crippen molar-refractivity contribution in [2.45, 2.75) is 25.7 Å². The van der Waals surface area contributed by atoms with Gasteiger partial charge in [0.15, 0.2) is 0 Å². The van der Waals surface area contributed by atoms with Gasteiger partial charge in [-0.3, -0.25) is 0 Å². The standard InChI is InChI=1S/C15H18N4/c1-10-4-3-5-12(8-10)19(2)14-9-13(16)17-15(18-14)11-6-7-11/h3-5,8-9,11H,6-7H2,1-2H3,(H2,16,17,18). The molecule has 0 unspecified atom stereocenters. The van der Waals surface area contributed by atoms with Gasteiger partial charge < -0.3 is 10.6 Å². The molecule has 1 aromatic carbocycles. The zero-order chi connectivity index (χ0) is 13.4. The minimum Gasteiger partial charge on any atom is -0.384 e. The largest absolute Gasteiger partial charge is 0.384 e. The summed E-state index contributed by atoms with van der Waals surface area (Å²) in [7, 11) is 2.01. The molecule has 1 aromatic heterocycles. The Hall–Kier alpha value is -2.10. The van der Waals surface area contributed by atoms with Gasteiger partial charge in [0.1, 0.15) is 17.5 Å². The first-order valence-corrected chi connectivity index (χ1v) is 6.58. The maximum Gasteiger partial charge on any atom is 0.138 e. The molecule has 4 nitrogen and oxygen atoms in total. The van der Waals surface area contributed by atoms with E-state index in [9.17, 15) is 0 Å². The molecule has 0 radical (unpaired) electrons. The Kier molecular flexibility index (Phi) is 2.85. The number of hydrogen-bond acceptors (Lipinski definition) is 4. The molecule has 0 bridgehead atoms. The number of aryl methyl sites for hydroxylation is 1. The van der Waals surface area contributed by atoms with Crippen molar-refractivity contribution >= 4 is 17.3 Å². The first-order valence-electron chi connectivity index (χ1n) is 6.58. The summed E-state index contributed by atoms with van der Waals surface area (Å²) in [5, 5.41) is 0. The van der Waals surface area contributed by atoms with E-state index in [4.69, 9.17) is 5.73 Å². The van der Waals surface area contributed by atoms with Crippen LogP contribution < -0.4 is 10.6 Å². The van der Waals surface area contributed by atoms with Crippen molar-refractivity contribution in [1.29, 1.82) is 0 Å². The van der Waals surface area contributed by atoms with E-state index in [-0.39, 0.29) is 0 Å². The van der Waals surface area contributed by atoms with Crippen molar-refractivity contribution < 1.29 is 0 Å². The molecule has 2 N–H and O–H groups in total. The van der Waals surface area contributed by atoms with Gasteiger partial charge in [-0.25, -0.2) is 9.97 Å². The molecule has 1 heterocycles. The Morgan fingerprint density at radius 2 is 2.00 bits per heavy atom. The van der Waals surface area contributed by atoms with Crippen LogP contribution in [0.15, 0.2) is 30.3 Å². The Labute approximate surface area is 113 Å². The Morgan fingerprint density at radius 3 is 2.68 bits per heavy atom. The summed E-state index contributed by atoms with van der Waals surface area (Å²) in [5.74, 6) is 2.80. The SMILES string of the molecule is Cc1cccc(N(C)c2cc(N)nc(C3CC3)n2)c1. The molecule has 0 aliphatic heterocycles. The number of nitrogens with two attached hydrogens (primary N) is 1. The van der Waals surface area contributed by atoms with Gasteiger partial charge in [0.25, 0.3) is 0 Å². The van der Waals surface area contributed by atoms with Gasteiger partial charge in [-0.05, 0) is 37.5 Å². The second-order valence-corrected chi connectivity index (χ2v) is 5.18. The van der Waals surface area contributed by atoms with Crippen LogP contribution >= 0.6 is 0 Å². The lowest BCUT2D eigenvalue weighted by molar-refractivity contribution is 0.919. The zero-order valence-corrected chi connectivity index (χ0v) is 11.3. The van der Waals surface area contributed by atoms with Gasteiger partial charge in [0, 0.05) is 24.7 Å². The van der Waals surface area contributed by atoms with Crippen molar-refractivity contribution in [2.75, 3.05) is 17.7 Å². The molecule has 1 aliphatic carbocycles. The van der Waals surface area contributed by atoms with Crippen LogP contribution in [0.3, 0.4) is 0 Å². The average Bonchev–Trinajstić information content (AvgIpc) is 3.21. The number of anilines is 3. The van der Waals surface area contributed by atoms with E-state index in [0.717, 1.165) is 17.3 Å². The summed E-state index contributed by atoms with van der Waals surface area (Å²) in [4.78, 5) is 11.0. The molecule has 0 atom stereocenters. The summed E-state index contributed by atoms with van der Waals surface area (Å²) < 4.78 is 0. The highest BCUT2D eigenvalue weighted by Crippen LogP contribution is 2.39. The molecule has 4 heteroatoms. The van der Waals surface area contributed by atoms with Gasteiger partial charge in [0.05, 0.1) is 0 Å². The van der Waals surface area contributed by atoms with Crippen LogP contribution in [0.5, 0.6) is 0 Å². The second kappa shape index (κ2) is 4.53. The van der Waals surface area contributed by atoms with Gasteiger partial charge in [-0.15, -0.1) is 0 Å². The van der Waals surface area contributed by atoms with Gasteiger partial charge in [-0.1, -0.05) is 12.1 Å². The van der Waals surface area contributed by atoms with Crippen LogP contribution in [0.4, 0.5) is 17.3 Å². The maximum absolute atomic E-state index is 5.89. The highest BCUT2D eigenvalue weighted by atomic mass is 15.2. The smallest absolute Gasteiger partial charge is 0.138 e. The highest BCUT2D eigenvalue weighted by Gasteiger charge is 2.27. The lowest BCUT2D eigenvalue weighted by Gasteiger charge is -2.19. The fourth-order valence-corrected chi connectivity index (χ4v) is 2.14. The lowest BCUT2D eigenvalue weighted by atomic mass is 10.2. The van der Waals surface area contributed by atoms with Crippen molar-refractivity contribution in [1.82, 2.24) is 9.97 Å². The minimum atomic E-state index is 0.508. The van der Waals surface area contributed by atoms with Crippen LogP contribution in [0.25, 0.3) is 0 Å². The number of benzene rings is 1. The molecule has 19 heavy (non-hydrogen) atoms. The van der Waals surface area contributed by atoms with Gasteiger partial charge in [-0.2, -0.15) is 0 Å². The minimum absolute atomic E-state index is 0.508. The number of nitrogens with zero attached hydrogens (tertiary/aromatic N) is 3. The lowest BCUT2D eigenvalue weighted by Crippen LogP contribution is -2.13. The molecule has 1 aliphatic rings. The first-order chi connectivity index (χ1) is 9.13. The molecular formula is C15H18N4. The van der Waals surface area contributed by atoms with Gasteiger partial charge >= 0.3 is 0 Å². The van der Waals surface area contributed by atoms with Crippen LogP contribution in [-0.4, -0.2) is 17.0 Å². The molecule has 1 fully saturated rings. The van der Waals surface area contributed by atoms with Crippen molar-refractivity contribution in [3.8, 4) is 0 Å². The van der Waals surface area contributed by atoms with Crippen molar-refractivity contribution in [3.05, 3.63) is 41.7 Å². The Balaban J connectivity index is 1.96. The van der Waals surface area contributed by atoms with Crippen molar-refractivity contribution in [3.63, 3.8) is 0 Å². The molecule has 3 rings (SSSR count). The summed E-state index contributed by atoms with van der Waals surface area (Å²) in [6.07, 6.45) is 2.36. The van der Waals surface area contributed by atoms with Crippen LogP contribution in [-0.2, 0) is 0 Å². The third kappa shape index (κ3) is 2.52. The second-order valence-electron chi connectivity index (χ2n) is 5.18. The fraction of sp³-hybridized carbons (Fsp3) is 0.333. The molecule has 0 saturated heterocycles. The predicted octanol–water partition coefficient (Wildman–Crippen LogP) is 3.01. The van der Waals surface area contributed by atoms with E-state index in [1.165, 1.54) is 18.4 Å². The molecular weight excluding hydrogens is 236 g/mol. The highest BCUT2D eigenvalue weighted by molar-refractivity contribution is 5.62. The van der Waals surface area contributed by atoms with E-state index in [2.05, 4.69) is 40.0 Å². The number of rotatable bonds is 3. The van der Waals surface area contributed by atoms with Crippen LogP contribution in [0.1, 0.15) is 30.1 Å². The monoisotopic (exact) mass is 254 g/mol. The predicted molar refractivity (Wildman–Crippen MR) is 77.7 cm³/mol. The summed E-state index contributed by atoms with van der Waals surface area (Å²) in [5.41, 5.74) is 8.23. The zero-order valence-electron chi connectivity index (χ0n) is 11.3. The normalized spacial score (nSPS) is 14.4. The molecule has 1 saturated carbocycles. The molecule has 2 aromatic rings.